The molecule has 0 N–H and O–H groups in total. The molecule has 4 rings (SSSR count). The largest absolute Gasteiger partial charge is 0.336 e. The van der Waals surface area contributed by atoms with Crippen molar-refractivity contribution in [1.82, 2.24) is 24.4 Å². The van der Waals surface area contributed by atoms with Gasteiger partial charge in [-0.3, -0.25) is 4.79 Å². The first-order valence-electron chi connectivity index (χ1n) is 8.55. The van der Waals surface area contributed by atoms with E-state index in [1.54, 1.807) is 10.7 Å². The molecule has 2 aromatic heterocycles. The number of likely N-dealkylation sites (N-methyl/N-ethyl adjacent to an activating group) is 1. The van der Waals surface area contributed by atoms with Crippen LogP contribution in [0.25, 0.3) is 16.9 Å². The SMILES string of the molecule is C#Cc1cnc2ccc(-c3ccc(C(=O)N4CCN(C)CC4)cc3)nn12. The minimum Gasteiger partial charge on any atom is -0.336 e. The summed E-state index contributed by atoms with van der Waals surface area (Å²) in [6.07, 6.45) is 7.11. The van der Waals surface area contributed by atoms with E-state index in [-0.39, 0.29) is 5.91 Å². The van der Waals surface area contributed by atoms with Gasteiger partial charge >= 0.3 is 0 Å². The molecule has 0 radical (unpaired) electrons. The van der Waals surface area contributed by atoms with Crippen LogP contribution in [-0.2, 0) is 0 Å². The molecule has 0 atom stereocenters. The predicted octanol–water partition coefficient (Wildman–Crippen LogP) is 1.77. The van der Waals surface area contributed by atoms with Gasteiger partial charge in [-0.1, -0.05) is 12.1 Å². The second kappa shape index (κ2) is 6.62. The third-order valence-electron chi connectivity index (χ3n) is 4.73. The minimum atomic E-state index is 0.0808. The Kier molecular flexibility index (Phi) is 4.15. The number of carbonyl (C=O) groups excluding carboxylic acids is 1. The van der Waals surface area contributed by atoms with E-state index in [9.17, 15) is 4.79 Å². The predicted molar refractivity (Wildman–Crippen MR) is 99.8 cm³/mol. The highest BCUT2D eigenvalue weighted by Crippen LogP contribution is 2.19. The Labute approximate surface area is 152 Å². The summed E-state index contributed by atoms with van der Waals surface area (Å²) in [5.74, 6) is 2.66. The number of terminal acetylenes is 1. The van der Waals surface area contributed by atoms with E-state index in [1.165, 1.54) is 0 Å². The standard InChI is InChI=1S/C20H19N5O/c1-3-17-14-21-19-9-8-18(22-25(17)19)15-4-6-16(7-5-15)20(26)24-12-10-23(2)11-13-24/h1,4-9,14H,10-13H2,2H3. The van der Waals surface area contributed by atoms with Gasteiger partial charge in [0.15, 0.2) is 5.65 Å². The molecule has 1 fully saturated rings. The fourth-order valence-corrected chi connectivity index (χ4v) is 3.10. The van der Waals surface area contributed by atoms with E-state index in [0.717, 1.165) is 37.4 Å². The Hall–Kier alpha value is -3.17. The van der Waals surface area contributed by atoms with Gasteiger partial charge in [0.25, 0.3) is 5.91 Å². The maximum Gasteiger partial charge on any atom is 0.253 e. The van der Waals surface area contributed by atoms with Crippen molar-refractivity contribution in [3.05, 3.63) is 53.9 Å². The monoisotopic (exact) mass is 345 g/mol. The number of carbonyl (C=O) groups is 1. The van der Waals surface area contributed by atoms with Gasteiger partial charge in [-0.15, -0.1) is 6.42 Å². The highest BCUT2D eigenvalue weighted by molar-refractivity contribution is 5.94. The van der Waals surface area contributed by atoms with Crippen LogP contribution in [0.1, 0.15) is 16.1 Å². The molecule has 26 heavy (non-hydrogen) atoms. The first-order valence-corrected chi connectivity index (χ1v) is 8.55. The van der Waals surface area contributed by atoms with Crippen molar-refractivity contribution in [2.75, 3.05) is 33.2 Å². The molecule has 0 saturated carbocycles. The van der Waals surface area contributed by atoms with Gasteiger partial charge < -0.3 is 9.80 Å². The Morgan fingerprint density at radius 2 is 1.81 bits per heavy atom. The van der Waals surface area contributed by atoms with Gasteiger partial charge in [0.05, 0.1) is 11.9 Å². The molecule has 0 unspecified atom stereocenters. The number of hydrogen-bond donors (Lipinski definition) is 0. The summed E-state index contributed by atoms with van der Waals surface area (Å²) in [4.78, 5) is 21.0. The molecule has 0 bridgehead atoms. The molecule has 130 valence electrons. The van der Waals surface area contributed by atoms with E-state index in [4.69, 9.17) is 6.42 Å². The van der Waals surface area contributed by atoms with Crippen LogP contribution in [0, 0.1) is 12.3 Å². The van der Waals surface area contributed by atoms with E-state index in [2.05, 4.69) is 28.0 Å². The van der Waals surface area contributed by atoms with Crippen LogP contribution in [0.4, 0.5) is 0 Å². The Bertz CT molecular complexity index is 991. The normalized spacial score (nSPS) is 15.2. The van der Waals surface area contributed by atoms with Crippen LogP contribution < -0.4 is 0 Å². The fourth-order valence-electron chi connectivity index (χ4n) is 3.10. The highest BCUT2D eigenvalue weighted by atomic mass is 16.2. The number of aromatic nitrogens is 3. The third-order valence-corrected chi connectivity index (χ3v) is 4.73. The second-order valence-electron chi connectivity index (χ2n) is 6.45. The molecule has 0 aliphatic carbocycles. The number of piperazine rings is 1. The summed E-state index contributed by atoms with van der Waals surface area (Å²) >= 11 is 0. The lowest BCUT2D eigenvalue weighted by molar-refractivity contribution is 0.0664. The van der Waals surface area contributed by atoms with Crippen molar-refractivity contribution >= 4 is 11.6 Å². The lowest BCUT2D eigenvalue weighted by Crippen LogP contribution is -2.47. The third kappa shape index (κ3) is 2.93. The van der Waals surface area contributed by atoms with Crippen molar-refractivity contribution in [3.63, 3.8) is 0 Å². The van der Waals surface area contributed by atoms with Crippen molar-refractivity contribution in [2.45, 2.75) is 0 Å². The molecular formula is C20H19N5O. The smallest absolute Gasteiger partial charge is 0.253 e. The quantitative estimate of drug-likeness (QED) is 0.664. The molecule has 3 heterocycles. The summed E-state index contributed by atoms with van der Waals surface area (Å²) in [5.41, 5.74) is 3.74. The van der Waals surface area contributed by atoms with Crippen LogP contribution in [0.15, 0.2) is 42.6 Å². The number of rotatable bonds is 2. The molecule has 1 saturated heterocycles. The van der Waals surface area contributed by atoms with E-state index < -0.39 is 0 Å². The minimum absolute atomic E-state index is 0.0808. The van der Waals surface area contributed by atoms with Crippen LogP contribution in [0.2, 0.25) is 0 Å². The number of imidazole rings is 1. The van der Waals surface area contributed by atoms with E-state index >= 15 is 0 Å². The lowest BCUT2D eigenvalue weighted by Gasteiger charge is -2.32. The summed E-state index contributed by atoms with van der Waals surface area (Å²) in [5, 5.41) is 4.56. The highest BCUT2D eigenvalue weighted by Gasteiger charge is 2.20. The van der Waals surface area contributed by atoms with Crippen LogP contribution in [0.3, 0.4) is 0 Å². The number of amides is 1. The number of fused-ring (bicyclic) bond motifs is 1. The zero-order chi connectivity index (χ0) is 18.1. The maximum absolute atomic E-state index is 12.6. The zero-order valence-corrected chi connectivity index (χ0v) is 14.6. The van der Waals surface area contributed by atoms with E-state index in [0.29, 0.717) is 16.9 Å². The molecule has 1 aromatic carbocycles. The topological polar surface area (TPSA) is 53.7 Å². The summed E-state index contributed by atoms with van der Waals surface area (Å²) in [7, 11) is 2.08. The fraction of sp³-hybridized carbons (Fsp3) is 0.250. The Morgan fingerprint density at radius 1 is 1.08 bits per heavy atom. The van der Waals surface area contributed by atoms with E-state index in [1.807, 2.05) is 41.3 Å². The molecule has 0 spiro atoms. The Morgan fingerprint density at radius 3 is 2.50 bits per heavy atom. The van der Waals surface area contributed by atoms with Crippen molar-refractivity contribution < 1.29 is 4.79 Å². The van der Waals surface area contributed by atoms with Gasteiger partial charge in [-0.25, -0.2) is 9.50 Å². The average Bonchev–Trinajstić information content (AvgIpc) is 3.10. The second-order valence-corrected chi connectivity index (χ2v) is 6.45. The van der Waals surface area contributed by atoms with Crippen LogP contribution >= 0.6 is 0 Å². The molecular weight excluding hydrogens is 326 g/mol. The van der Waals surface area contributed by atoms with Crippen molar-refractivity contribution in [1.29, 1.82) is 0 Å². The summed E-state index contributed by atoms with van der Waals surface area (Å²) in [6, 6.07) is 11.3. The molecule has 6 heteroatoms. The molecule has 6 nitrogen and oxygen atoms in total. The number of nitrogens with zero attached hydrogens (tertiary/aromatic N) is 5. The van der Waals surface area contributed by atoms with Crippen molar-refractivity contribution in [3.8, 4) is 23.6 Å². The molecule has 3 aromatic rings. The summed E-state index contributed by atoms with van der Waals surface area (Å²) in [6.45, 7) is 3.36. The lowest BCUT2D eigenvalue weighted by atomic mass is 10.1. The molecule has 1 amide bonds. The van der Waals surface area contributed by atoms with Gasteiger partial charge in [-0.2, -0.15) is 5.10 Å². The molecule has 1 aliphatic rings. The van der Waals surface area contributed by atoms with Gasteiger partial charge in [-0.05, 0) is 37.2 Å². The maximum atomic E-state index is 12.6. The molecule has 1 aliphatic heterocycles. The average molecular weight is 345 g/mol. The number of hydrogen-bond acceptors (Lipinski definition) is 4. The van der Waals surface area contributed by atoms with Crippen LogP contribution in [-0.4, -0.2) is 63.5 Å². The first-order chi connectivity index (χ1) is 12.7. The number of benzene rings is 1. The van der Waals surface area contributed by atoms with Crippen LogP contribution in [0.5, 0.6) is 0 Å². The van der Waals surface area contributed by atoms with Gasteiger partial charge in [0.2, 0.25) is 0 Å². The summed E-state index contributed by atoms with van der Waals surface area (Å²) < 4.78 is 1.65. The Balaban J connectivity index is 1.58. The first kappa shape index (κ1) is 16.3. The van der Waals surface area contributed by atoms with Crippen molar-refractivity contribution in [2.24, 2.45) is 0 Å². The zero-order valence-electron chi connectivity index (χ0n) is 14.6. The van der Waals surface area contributed by atoms with Gasteiger partial charge in [0, 0.05) is 37.3 Å². The van der Waals surface area contributed by atoms with Gasteiger partial charge in [0.1, 0.15) is 5.69 Å².